The molecule has 2 aliphatic rings. The smallest absolute Gasteiger partial charge is 0.264 e. The van der Waals surface area contributed by atoms with Gasteiger partial charge >= 0.3 is 0 Å². The molecule has 0 unspecified atom stereocenters. The molecule has 0 bridgehead atoms. The average molecular weight is 414 g/mol. The highest BCUT2D eigenvalue weighted by Gasteiger charge is 2.43. The van der Waals surface area contributed by atoms with E-state index in [1.54, 1.807) is 29.7 Å². The number of alkyl halides is 2. The van der Waals surface area contributed by atoms with Crippen LogP contribution in [0.4, 0.5) is 8.78 Å². The molecular weight excluding hydrogens is 380 g/mol. The Hall–Kier alpha value is -1.30. The molecule has 28 heavy (non-hydrogen) atoms. The number of amides is 1. The lowest BCUT2D eigenvalue weighted by molar-refractivity contribution is -0.128. The third kappa shape index (κ3) is 6.36. The molecule has 2 aliphatic heterocycles. The molecule has 0 aromatic heterocycles. The Balaban J connectivity index is 2.05. The summed E-state index contributed by atoms with van der Waals surface area (Å²) >= 11 is 0. The molecule has 2 saturated heterocycles. The van der Waals surface area contributed by atoms with Crippen molar-refractivity contribution in [3.8, 4) is 6.07 Å². The van der Waals surface area contributed by atoms with Crippen molar-refractivity contribution in [3.63, 3.8) is 0 Å². The Labute approximate surface area is 168 Å². The van der Waals surface area contributed by atoms with E-state index < -0.39 is 19.8 Å². The Kier molecular flexibility index (Phi) is 7.06. The Morgan fingerprint density at radius 1 is 1.36 bits per heavy atom. The van der Waals surface area contributed by atoms with Gasteiger partial charge in [0.05, 0.1) is 6.54 Å². The molecule has 1 atom stereocenters. The molecular formula is C20H33F2N3O2Si. The first-order chi connectivity index (χ1) is 12.8. The number of hydrogen-bond acceptors (Lipinski definition) is 4. The molecule has 2 rings (SSSR count). The van der Waals surface area contributed by atoms with E-state index in [-0.39, 0.29) is 36.9 Å². The van der Waals surface area contributed by atoms with Crippen LogP contribution in [0.25, 0.3) is 0 Å². The molecule has 0 spiro atoms. The number of piperidine rings is 1. The van der Waals surface area contributed by atoms with Gasteiger partial charge in [0, 0.05) is 38.2 Å². The van der Waals surface area contributed by atoms with Crippen molar-refractivity contribution in [2.24, 2.45) is 5.92 Å². The van der Waals surface area contributed by atoms with Gasteiger partial charge in [0.25, 0.3) is 11.8 Å². The van der Waals surface area contributed by atoms with Gasteiger partial charge < -0.3 is 9.33 Å². The fourth-order valence-electron chi connectivity index (χ4n) is 3.74. The van der Waals surface area contributed by atoms with Gasteiger partial charge in [-0.2, -0.15) is 5.26 Å². The first-order valence-electron chi connectivity index (χ1n) is 10.0. The van der Waals surface area contributed by atoms with Gasteiger partial charge in [0.2, 0.25) is 0 Å². The summed E-state index contributed by atoms with van der Waals surface area (Å²) in [5.41, 5.74) is -0.747. The SMILES string of the molecule is CC(C)(C=C(C#N)C(=O)N1CCC[C@H](CO[Si](C)(C)C)C1)N1CCC(F)(F)C1. The minimum atomic E-state index is -2.71. The quantitative estimate of drug-likeness (QED) is 0.379. The van der Waals surface area contributed by atoms with Crippen molar-refractivity contribution in [1.29, 1.82) is 5.26 Å². The van der Waals surface area contributed by atoms with Gasteiger partial charge in [0.15, 0.2) is 8.32 Å². The van der Waals surface area contributed by atoms with Crippen LogP contribution in [0.3, 0.4) is 0 Å². The van der Waals surface area contributed by atoms with E-state index in [9.17, 15) is 18.8 Å². The molecule has 0 aliphatic carbocycles. The highest BCUT2D eigenvalue weighted by atomic mass is 28.4. The molecule has 8 heteroatoms. The van der Waals surface area contributed by atoms with Gasteiger partial charge in [-0.1, -0.05) is 0 Å². The van der Waals surface area contributed by atoms with Crippen LogP contribution in [-0.4, -0.2) is 68.3 Å². The maximum Gasteiger partial charge on any atom is 0.264 e. The standard InChI is InChI=1S/C20H33F2N3O2Si/c1-19(2,25-10-8-20(21,22)15-25)11-17(12-23)18(26)24-9-6-7-16(13-24)14-27-28(3,4)5/h11,16H,6-10,13-15H2,1-5H3/t16-/m0/s1. The van der Waals surface area contributed by atoms with Crippen LogP contribution in [0.1, 0.15) is 33.1 Å². The van der Waals surface area contributed by atoms with Gasteiger partial charge in [-0.3, -0.25) is 9.69 Å². The zero-order valence-corrected chi connectivity index (χ0v) is 18.7. The molecule has 0 N–H and O–H groups in total. The highest BCUT2D eigenvalue weighted by Crippen LogP contribution is 2.33. The number of rotatable bonds is 6. The van der Waals surface area contributed by atoms with Crippen molar-refractivity contribution in [2.45, 2.75) is 64.2 Å². The second-order valence-electron chi connectivity index (χ2n) is 9.53. The van der Waals surface area contributed by atoms with Gasteiger partial charge in [-0.15, -0.1) is 0 Å². The zero-order valence-electron chi connectivity index (χ0n) is 17.7. The van der Waals surface area contributed by atoms with E-state index in [0.29, 0.717) is 19.7 Å². The largest absolute Gasteiger partial charge is 0.417 e. The molecule has 1 amide bonds. The second-order valence-corrected chi connectivity index (χ2v) is 14.0. The molecule has 158 valence electrons. The van der Waals surface area contributed by atoms with E-state index in [1.165, 1.54) is 0 Å². The number of carbonyl (C=O) groups is 1. The van der Waals surface area contributed by atoms with Crippen LogP contribution >= 0.6 is 0 Å². The lowest BCUT2D eigenvalue weighted by Crippen LogP contribution is -2.45. The number of nitriles is 1. The summed E-state index contributed by atoms with van der Waals surface area (Å²) in [5.74, 6) is -2.74. The number of likely N-dealkylation sites (tertiary alicyclic amines) is 2. The summed E-state index contributed by atoms with van der Waals surface area (Å²) in [4.78, 5) is 16.3. The average Bonchev–Trinajstić information content (AvgIpc) is 2.98. The van der Waals surface area contributed by atoms with E-state index in [4.69, 9.17) is 4.43 Å². The first kappa shape index (κ1) is 23.0. The monoisotopic (exact) mass is 413 g/mol. The number of halogens is 2. The lowest BCUT2D eigenvalue weighted by atomic mass is 9.96. The Morgan fingerprint density at radius 3 is 2.57 bits per heavy atom. The molecule has 2 heterocycles. The van der Waals surface area contributed by atoms with Gasteiger partial charge in [-0.05, 0) is 58.3 Å². The van der Waals surface area contributed by atoms with E-state index in [1.807, 2.05) is 6.07 Å². The van der Waals surface area contributed by atoms with Crippen molar-refractivity contribution >= 4 is 14.2 Å². The normalized spacial score (nSPS) is 24.3. The maximum atomic E-state index is 13.6. The second kappa shape index (κ2) is 8.60. The van der Waals surface area contributed by atoms with Crippen LogP contribution in [0.15, 0.2) is 11.6 Å². The maximum absolute atomic E-state index is 13.6. The Morgan fingerprint density at radius 2 is 2.04 bits per heavy atom. The highest BCUT2D eigenvalue weighted by molar-refractivity contribution is 6.69. The third-order valence-corrected chi connectivity index (χ3v) is 6.42. The number of carbonyl (C=O) groups excluding carboxylic acids is 1. The predicted octanol–water partition coefficient (Wildman–Crippen LogP) is 3.65. The summed E-state index contributed by atoms with van der Waals surface area (Å²) in [5, 5.41) is 9.56. The van der Waals surface area contributed by atoms with Crippen LogP contribution < -0.4 is 0 Å². The van der Waals surface area contributed by atoms with Crippen LogP contribution in [-0.2, 0) is 9.22 Å². The molecule has 0 aromatic rings. The summed E-state index contributed by atoms with van der Waals surface area (Å²) in [6, 6.07) is 2.00. The Bertz CT molecular complexity index is 653. The summed E-state index contributed by atoms with van der Waals surface area (Å²) < 4.78 is 33.2. The zero-order chi connectivity index (χ0) is 21.2. The van der Waals surface area contributed by atoms with Gasteiger partial charge in [0.1, 0.15) is 11.6 Å². The summed E-state index contributed by atoms with van der Waals surface area (Å²) in [6.45, 7) is 11.7. The number of nitrogens with zero attached hydrogens (tertiary/aromatic N) is 3. The van der Waals surface area contributed by atoms with E-state index >= 15 is 0 Å². The minimum absolute atomic E-state index is 0.0342. The van der Waals surface area contributed by atoms with Crippen molar-refractivity contribution in [2.75, 3.05) is 32.8 Å². The summed E-state index contributed by atoms with van der Waals surface area (Å²) in [6.07, 6.45) is 3.25. The summed E-state index contributed by atoms with van der Waals surface area (Å²) in [7, 11) is -1.61. The predicted molar refractivity (Wildman–Crippen MR) is 108 cm³/mol. The van der Waals surface area contributed by atoms with E-state index in [2.05, 4.69) is 19.6 Å². The van der Waals surface area contributed by atoms with Crippen molar-refractivity contribution < 1.29 is 18.0 Å². The third-order valence-electron chi connectivity index (χ3n) is 5.39. The lowest BCUT2D eigenvalue weighted by Gasteiger charge is -2.35. The molecule has 5 nitrogen and oxygen atoms in total. The topological polar surface area (TPSA) is 56.6 Å². The minimum Gasteiger partial charge on any atom is -0.417 e. The van der Waals surface area contributed by atoms with Crippen LogP contribution in [0.2, 0.25) is 19.6 Å². The fraction of sp³-hybridized carbons (Fsp3) is 0.800. The van der Waals surface area contributed by atoms with Crippen molar-refractivity contribution in [3.05, 3.63) is 11.6 Å². The molecule has 2 fully saturated rings. The van der Waals surface area contributed by atoms with Crippen molar-refractivity contribution in [1.82, 2.24) is 9.80 Å². The molecule has 0 saturated carbocycles. The molecule has 0 aromatic carbocycles. The molecule has 0 radical (unpaired) electrons. The van der Waals surface area contributed by atoms with Gasteiger partial charge in [-0.25, -0.2) is 8.78 Å². The van der Waals surface area contributed by atoms with Crippen LogP contribution in [0.5, 0.6) is 0 Å². The number of hydrogen-bond donors (Lipinski definition) is 0. The van der Waals surface area contributed by atoms with E-state index in [0.717, 1.165) is 12.8 Å². The first-order valence-corrected chi connectivity index (χ1v) is 13.4. The van der Waals surface area contributed by atoms with Crippen LogP contribution in [0, 0.1) is 17.2 Å². The fourth-order valence-corrected chi connectivity index (χ4v) is 4.47.